The zero-order valence-electron chi connectivity index (χ0n) is 9.20. The van der Waals surface area contributed by atoms with Gasteiger partial charge in [0.05, 0.1) is 5.92 Å². The second kappa shape index (κ2) is 5.35. The van der Waals surface area contributed by atoms with Gasteiger partial charge in [0.15, 0.2) is 0 Å². The minimum absolute atomic E-state index is 0.0711. The van der Waals surface area contributed by atoms with Gasteiger partial charge >= 0.3 is 5.97 Å². The van der Waals surface area contributed by atoms with Gasteiger partial charge in [0.1, 0.15) is 0 Å². The van der Waals surface area contributed by atoms with Crippen molar-refractivity contribution < 1.29 is 9.90 Å². The van der Waals surface area contributed by atoms with E-state index < -0.39 is 5.97 Å². The molecule has 0 saturated heterocycles. The van der Waals surface area contributed by atoms with Crippen LogP contribution in [-0.4, -0.2) is 36.1 Å². The van der Waals surface area contributed by atoms with E-state index in [1.807, 2.05) is 0 Å². The summed E-state index contributed by atoms with van der Waals surface area (Å²) < 4.78 is 0. The minimum atomic E-state index is -0.604. The number of carboxylic acid groups (broad SMARTS) is 1. The van der Waals surface area contributed by atoms with Gasteiger partial charge in [-0.3, -0.25) is 4.79 Å². The van der Waals surface area contributed by atoms with Crippen LogP contribution in [0.4, 0.5) is 0 Å². The van der Waals surface area contributed by atoms with Crippen molar-refractivity contribution in [3.63, 3.8) is 0 Å². The van der Waals surface area contributed by atoms with E-state index in [1.54, 1.807) is 0 Å². The van der Waals surface area contributed by atoms with Crippen LogP contribution < -0.4 is 0 Å². The fraction of sp³-hybridized carbons (Fsp3) is 0.909. The van der Waals surface area contributed by atoms with Gasteiger partial charge in [0.25, 0.3) is 0 Å². The molecule has 3 nitrogen and oxygen atoms in total. The molecular weight excluding hydrogens is 178 g/mol. The molecule has 0 radical (unpaired) electrons. The Morgan fingerprint density at radius 2 is 1.93 bits per heavy atom. The Hall–Kier alpha value is -0.570. The maximum absolute atomic E-state index is 10.7. The van der Waals surface area contributed by atoms with Crippen molar-refractivity contribution in [1.29, 1.82) is 0 Å². The van der Waals surface area contributed by atoms with Crippen molar-refractivity contribution in [3.05, 3.63) is 0 Å². The lowest BCUT2D eigenvalue weighted by molar-refractivity contribution is -0.143. The Labute approximate surface area is 86.1 Å². The first-order valence-corrected chi connectivity index (χ1v) is 5.54. The maximum Gasteiger partial charge on any atom is 0.306 e. The molecule has 0 bridgehead atoms. The minimum Gasteiger partial charge on any atom is -0.481 e. The van der Waals surface area contributed by atoms with E-state index in [1.165, 1.54) is 0 Å². The quantitative estimate of drug-likeness (QED) is 0.751. The highest BCUT2D eigenvalue weighted by atomic mass is 16.4. The molecule has 0 aromatic rings. The van der Waals surface area contributed by atoms with Gasteiger partial charge in [-0.1, -0.05) is 6.92 Å². The first kappa shape index (κ1) is 11.5. The van der Waals surface area contributed by atoms with Gasteiger partial charge in [0, 0.05) is 6.54 Å². The zero-order chi connectivity index (χ0) is 10.6. The standard InChI is InChI=1S/C11H21NO2/c1-3-12(2)8-9-4-6-10(7-5-9)11(13)14/h9-10H,3-8H2,1-2H3,(H,13,14). The third-order valence-electron chi connectivity index (χ3n) is 3.31. The van der Waals surface area contributed by atoms with Crippen molar-refractivity contribution in [2.75, 3.05) is 20.1 Å². The van der Waals surface area contributed by atoms with Crippen LogP contribution in [0.2, 0.25) is 0 Å². The highest BCUT2D eigenvalue weighted by Gasteiger charge is 2.25. The summed E-state index contributed by atoms with van der Waals surface area (Å²) in [6, 6.07) is 0. The first-order valence-electron chi connectivity index (χ1n) is 5.54. The smallest absolute Gasteiger partial charge is 0.306 e. The molecule has 0 aromatic heterocycles. The van der Waals surface area contributed by atoms with Crippen LogP contribution in [-0.2, 0) is 4.79 Å². The molecule has 0 unspecified atom stereocenters. The van der Waals surface area contributed by atoms with Crippen LogP contribution >= 0.6 is 0 Å². The van der Waals surface area contributed by atoms with Gasteiger partial charge < -0.3 is 10.0 Å². The molecular formula is C11H21NO2. The molecule has 1 N–H and O–H groups in total. The van der Waals surface area contributed by atoms with E-state index >= 15 is 0 Å². The van der Waals surface area contributed by atoms with Crippen LogP contribution in [0.15, 0.2) is 0 Å². The molecule has 0 amide bonds. The van der Waals surface area contributed by atoms with Gasteiger partial charge in [0.2, 0.25) is 0 Å². The van der Waals surface area contributed by atoms with E-state index in [4.69, 9.17) is 5.11 Å². The number of hydrogen-bond donors (Lipinski definition) is 1. The zero-order valence-corrected chi connectivity index (χ0v) is 9.20. The van der Waals surface area contributed by atoms with Crippen LogP contribution in [0, 0.1) is 11.8 Å². The molecule has 1 fully saturated rings. The molecule has 1 aliphatic rings. The molecule has 0 aliphatic heterocycles. The van der Waals surface area contributed by atoms with Crippen molar-refractivity contribution in [2.24, 2.45) is 11.8 Å². The Balaban J connectivity index is 2.25. The number of rotatable bonds is 4. The van der Waals surface area contributed by atoms with Crippen molar-refractivity contribution in [1.82, 2.24) is 4.90 Å². The highest BCUT2D eigenvalue weighted by molar-refractivity contribution is 5.69. The van der Waals surface area contributed by atoms with Crippen LogP contribution in [0.1, 0.15) is 32.6 Å². The Morgan fingerprint density at radius 3 is 2.36 bits per heavy atom. The molecule has 0 heterocycles. The van der Waals surface area contributed by atoms with E-state index in [9.17, 15) is 4.79 Å². The fourth-order valence-electron chi connectivity index (χ4n) is 2.16. The number of carbonyl (C=O) groups is 1. The van der Waals surface area contributed by atoms with Gasteiger partial charge in [-0.25, -0.2) is 0 Å². The summed E-state index contributed by atoms with van der Waals surface area (Å²) >= 11 is 0. The number of hydrogen-bond acceptors (Lipinski definition) is 2. The Bertz CT molecular complexity index is 186. The van der Waals surface area contributed by atoms with Crippen LogP contribution in [0.3, 0.4) is 0 Å². The van der Waals surface area contributed by atoms with Crippen molar-refractivity contribution in [2.45, 2.75) is 32.6 Å². The van der Waals surface area contributed by atoms with E-state index in [0.29, 0.717) is 0 Å². The summed E-state index contributed by atoms with van der Waals surface area (Å²) in [6.07, 6.45) is 3.91. The maximum atomic E-state index is 10.7. The SMILES string of the molecule is CCN(C)CC1CCC(C(=O)O)CC1. The second-order valence-electron chi connectivity index (χ2n) is 4.41. The van der Waals surface area contributed by atoms with Crippen LogP contribution in [0.5, 0.6) is 0 Å². The van der Waals surface area contributed by atoms with E-state index in [0.717, 1.165) is 44.7 Å². The van der Waals surface area contributed by atoms with Gasteiger partial charge in [-0.05, 0) is 45.2 Å². The van der Waals surface area contributed by atoms with Gasteiger partial charge in [-0.15, -0.1) is 0 Å². The largest absolute Gasteiger partial charge is 0.481 e. The molecule has 1 rings (SSSR count). The molecule has 1 saturated carbocycles. The third-order valence-corrected chi connectivity index (χ3v) is 3.31. The molecule has 0 atom stereocenters. The molecule has 0 spiro atoms. The molecule has 82 valence electrons. The number of aliphatic carboxylic acids is 1. The summed E-state index contributed by atoms with van der Waals surface area (Å²) in [5.74, 6) is 0.0426. The summed E-state index contributed by atoms with van der Waals surface area (Å²) in [6.45, 7) is 4.37. The normalized spacial score (nSPS) is 27.9. The van der Waals surface area contributed by atoms with Gasteiger partial charge in [-0.2, -0.15) is 0 Å². The lowest BCUT2D eigenvalue weighted by Gasteiger charge is -2.29. The fourth-order valence-corrected chi connectivity index (χ4v) is 2.16. The average molecular weight is 199 g/mol. The predicted octanol–water partition coefficient (Wildman–Crippen LogP) is 1.83. The number of carboxylic acids is 1. The lowest BCUT2D eigenvalue weighted by Crippen LogP contribution is -2.30. The first-order chi connectivity index (χ1) is 6.63. The van der Waals surface area contributed by atoms with E-state index in [2.05, 4.69) is 18.9 Å². The van der Waals surface area contributed by atoms with E-state index in [-0.39, 0.29) is 5.92 Å². The van der Waals surface area contributed by atoms with Crippen LogP contribution in [0.25, 0.3) is 0 Å². The van der Waals surface area contributed by atoms with Crippen molar-refractivity contribution >= 4 is 5.97 Å². The Kier molecular flexibility index (Phi) is 4.39. The summed E-state index contributed by atoms with van der Waals surface area (Å²) in [5, 5.41) is 8.84. The highest BCUT2D eigenvalue weighted by Crippen LogP contribution is 2.29. The molecule has 0 aromatic carbocycles. The average Bonchev–Trinajstić information content (AvgIpc) is 2.18. The molecule has 3 heteroatoms. The predicted molar refractivity (Wildman–Crippen MR) is 56.3 cm³/mol. The lowest BCUT2D eigenvalue weighted by atomic mass is 9.82. The summed E-state index contributed by atoms with van der Waals surface area (Å²) in [7, 11) is 2.13. The summed E-state index contributed by atoms with van der Waals surface area (Å²) in [5.41, 5.74) is 0. The molecule has 1 aliphatic carbocycles. The van der Waals surface area contributed by atoms with Crippen molar-refractivity contribution in [3.8, 4) is 0 Å². The number of nitrogens with zero attached hydrogens (tertiary/aromatic N) is 1. The molecule has 14 heavy (non-hydrogen) atoms. The second-order valence-corrected chi connectivity index (χ2v) is 4.41. The summed E-state index contributed by atoms with van der Waals surface area (Å²) in [4.78, 5) is 13.0. The monoisotopic (exact) mass is 199 g/mol. The topological polar surface area (TPSA) is 40.5 Å². The third kappa shape index (κ3) is 3.29. The Morgan fingerprint density at radius 1 is 1.36 bits per heavy atom.